The van der Waals surface area contributed by atoms with E-state index in [1.807, 2.05) is 11.8 Å². The van der Waals surface area contributed by atoms with E-state index in [1.54, 1.807) is 0 Å². The minimum Gasteiger partial charge on any atom is -0.384 e. The summed E-state index contributed by atoms with van der Waals surface area (Å²) in [6, 6.07) is 0.681. The molecule has 4 heteroatoms. The molecule has 3 aliphatic rings. The molecule has 92 valence electrons. The van der Waals surface area contributed by atoms with Crippen LogP contribution in [0.3, 0.4) is 0 Å². The number of nitrogens with zero attached hydrogens (tertiary/aromatic N) is 2. The fourth-order valence-electron chi connectivity index (χ4n) is 2.88. The number of hydrogen-bond acceptors (Lipinski definition) is 3. The second kappa shape index (κ2) is 3.67. The molecule has 1 saturated heterocycles. The van der Waals surface area contributed by atoms with Gasteiger partial charge in [-0.3, -0.25) is 0 Å². The first-order valence-corrected chi connectivity index (χ1v) is 7.95. The van der Waals surface area contributed by atoms with Crippen molar-refractivity contribution < 1.29 is 0 Å². The summed E-state index contributed by atoms with van der Waals surface area (Å²) in [7, 11) is 0. The first-order chi connectivity index (χ1) is 8.34. The number of aromatic nitrogens is 2. The number of nitrogen functional groups attached to an aromatic ring is 1. The molecule has 2 saturated carbocycles. The molecular weight excluding hydrogens is 230 g/mol. The van der Waals surface area contributed by atoms with Gasteiger partial charge in [-0.1, -0.05) is 0 Å². The molecule has 1 aromatic heterocycles. The average Bonchev–Trinajstić information content (AvgIpc) is 3.24. The summed E-state index contributed by atoms with van der Waals surface area (Å²) >= 11 is 2.04. The Kier molecular flexibility index (Phi) is 2.23. The van der Waals surface area contributed by atoms with Crippen LogP contribution < -0.4 is 5.73 Å². The lowest BCUT2D eigenvalue weighted by Crippen LogP contribution is -2.06. The SMILES string of the molecule is Nc1c(C2CCSC2)nc(C2CC2)n1C1CC1. The lowest BCUT2D eigenvalue weighted by atomic mass is 10.1. The van der Waals surface area contributed by atoms with Crippen LogP contribution in [-0.4, -0.2) is 21.1 Å². The fraction of sp³-hybridized carbons (Fsp3) is 0.769. The maximum atomic E-state index is 6.38. The van der Waals surface area contributed by atoms with Crippen molar-refractivity contribution in [1.82, 2.24) is 9.55 Å². The van der Waals surface area contributed by atoms with E-state index in [-0.39, 0.29) is 0 Å². The third-order valence-corrected chi connectivity index (χ3v) is 5.34. The predicted molar refractivity (Wildman–Crippen MR) is 71.6 cm³/mol. The molecule has 1 atom stereocenters. The molecule has 3 fully saturated rings. The van der Waals surface area contributed by atoms with E-state index >= 15 is 0 Å². The normalized spacial score (nSPS) is 28.8. The number of anilines is 1. The highest BCUT2D eigenvalue weighted by atomic mass is 32.2. The molecule has 0 bridgehead atoms. The van der Waals surface area contributed by atoms with Gasteiger partial charge in [0.2, 0.25) is 0 Å². The van der Waals surface area contributed by atoms with Gasteiger partial charge in [0, 0.05) is 23.6 Å². The topological polar surface area (TPSA) is 43.8 Å². The number of rotatable bonds is 3. The molecule has 2 heterocycles. The van der Waals surface area contributed by atoms with Crippen LogP contribution in [0.2, 0.25) is 0 Å². The molecule has 1 aromatic rings. The van der Waals surface area contributed by atoms with E-state index in [2.05, 4.69) is 4.57 Å². The van der Waals surface area contributed by atoms with Gasteiger partial charge < -0.3 is 10.3 Å². The van der Waals surface area contributed by atoms with Gasteiger partial charge in [0.25, 0.3) is 0 Å². The summed E-state index contributed by atoms with van der Waals surface area (Å²) in [4.78, 5) is 4.94. The van der Waals surface area contributed by atoms with Crippen molar-refractivity contribution in [2.75, 3.05) is 17.2 Å². The summed E-state index contributed by atoms with van der Waals surface area (Å²) in [6.07, 6.45) is 6.52. The van der Waals surface area contributed by atoms with Crippen LogP contribution in [0.1, 0.15) is 61.5 Å². The molecule has 2 aliphatic carbocycles. The molecule has 0 spiro atoms. The van der Waals surface area contributed by atoms with E-state index < -0.39 is 0 Å². The number of imidazole rings is 1. The zero-order chi connectivity index (χ0) is 11.4. The van der Waals surface area contributed by atoms with E-state index in [1.165, 1.54) is 55.1 Å². The van der Waals surface area contributed by atoms with E-state index in [9.17, 15) is 0 Å². The number of nitrogens with two attached hydrogens (primary N) is 1. The predicted octanol–water partition coefficient (Wildman–Crippen LogP) is 2.90. The molecule has 17 heavy (non-hydrogen) atoms. The van der Waals surface area contributed by atoms with Crippen molar-refractivity contribution in [3.63, 3.8) is 0 Å². The van der Waals surface area contributed by atoms with Gasteiger partial charge in [-0.25, -0.2) is 4.98 Å². The Morgan fingerprint density at radius 2 is 1.94 bits per heavy atom. The Labute approximate surface area is 106 Å². The van der Waals surface area contributed by atoms with Gasteiger partial charge in [-0.2, -0.15) is 11.8 Å². The Morgan fingerprint density at radius 1 is 1.12 bits per heavy atom. The Bertz CT molecular complexity index is 440. The van der Waals surface area contributed by atoms with Crippen LogP contribution in [0.4, 0.5) is 5.82 Å². The van der Waals surface area contributed by atoms with Crippen LogP contribution in [-0.2, 0) is 0 Å². The van der Waals surface area contributed by atoms with Crippen molar-refractivity contribution >= 4 is 17.6 Å². The van der Waals surface area contributed by atoms with Crippen LogP contribution in [0.5, 0.6) is 0 Å². The largest absolute Gasteiger partial charge is 0.384 e. The van der Waals surface area contributed by atoms with Gasteiger partial charge in [0.05, 0.1) is 5.69 Å². The molecule has 0 radical (unpaired) electrons. The lowest BCUT2D eigenvalue weighted by molar-refractivity contribution is 0.691. The van der Waals surface area contributed by atoms with Crippen molar-refractivity contribution in [2.45, 2.75) is 50.0 Å². The Balaban J connectivity index is 1.76. The fourth-order valence-corrected chi connectivity index (χ4v) is 4.10. The summed E-state index contributed by atoms with van der Waals surface area (Å²) in [5, 5.41) is 0. The Hall–Kier alpha value is -0.640. The van der Waals surface area contributed by atoms with Gasteiger partial charge >= 0.3 is 0 Å². The zero-order valence-corrected chi connectivity index (χ0v) is 10.9. The van der Waals surface area contributed by atoms with Gasteiger partial charge in [0.15, 0.2) is 0 Å². The molecule has 2 N–H and O–H groups in total. The summed E-state index contributed by atoms with van der Waals surface area (Å²) in [6.45, 7) is 0. The van der Waals surface area contributed by atoms with Crippen LogP contribution in [0, 0.1) is 0 Å². The van der Waals surface area contributed by atoms with E-state index in [4.69, 9.17) is 10.7 Å². The first kappa shape index (κ1) is 10.3. The van der Waals surface area contributed by atoms with Crippen molar-refractivity contribution in [2.24, 2.45) is 0 Å². The van der Waals surface area contributed by atoms with Crippen molar-refractivity contribution in [3.8, 4) is 0 Å². The maximum absolute atomic E-state index is 6.38. The summed E-state index contributed by atoms with van der Waals surface area (Å²) < 4.78 is 2.38. The van der Waals surface area contributed by atoms with Crippen LogP contribution in [0.15, 0.2) is 0 Å². The second-order valence-corrected chi connectivity index (χ2v) is 6.83. The quantitative estimate of drug-likeness (QED) is 0.895. The number of thioether (sulfide) groups is 1. The molecule has 3 nitrogen and oxygen atoms in total. The molecular formula is C13H19N3S. The molecule has 1 aliphatic heterocycles. The molecule has 0 aromatic carbocycles. The second-order valence-electron chi connectivity index (χ2n) is 5.68. The molecule has 4 rings (SSSR count). The standard InChI is InChI=1S/C13H19N3S/c14-12-11(9-5-6-17-7-9)15-13(8-1-2-8)16(12)10-3-4-10/h8-10H,1-7,14H2. The highest BCUT2D eigenvalue weighted by Gasteiger charge is 2.37. The van der Waals surface area contributed by atoms with Gasteiger partial charge in [-0.15, -0.1) is 0 Å². The highest BCUT2D eigenvalue weighted by molar-refractivity contribution is 7.99. The molecule has 1 unspecified atom stereocenters. The van der Waals surface area contributed by atoms with E-state index in [0.29, 0.717) is 12.0 Å². The zero-order valence-electron chi connectivity index (χ0n) is 10.1. The molecule has 0 amide bonds. The van der Waals surface area contributed by atoms with Crippen LogP contribution >= 0.6 is 11.8 Å². The summed E-state index contributed by atoms with van der Waals surface area (Å²) in [5.74, 6) is 6.16. The minimum absolute atomic E-state index is 0.623. The van der Waals surface area contributed by atoms with Gasteiger partial charge in [-0.05, 0) is 37.9 Å². The summed E-state index contributed by atoms with van der Waals surface area (Å²) in [5.41, 5.74) is 7.61. The maximum Gasteiger partial charge on any atom is 0.127 e. The Morgan fingerprint density at radius 3 is 2.53 bits per heavy atom. The lowest BCUT2D eigenvalue weighted by Gasteiger charge is -2.08. The third kappa shape index (κ3) is 1.68. The van der Waals surface area contributed by atoms with Crippen LogP contribution in [0.25, 0.3) is 0 Å². The van der Waals surface area contributed by atoms with E-state index in [0.717, 1.165) is 11.7 Å². The highest BCUT2D eigenvalue weighted by Crippen LogP contribution is 2.48. The monoisotopic (exact) mass is 249 g/mol. The minimum atomic E-state index is 0.623. The first-order valence-electron chi connectivity index (χ1n) is 6.80. The average molecular weight is 249 g/mol. The number of hydrogen-bond donors (Lipinski definition) is 1. The smallest absolute Gasteiger partial charge is 0.127 e. The van der Waals surface area contributed by atoms with Gasteiger partial charge in [0.1, 0.15) is 11.6 Å². The van der Waals surface area contributed by atoms with Crippen molar-refractivity contribution in [1.29, 1.82) is 0 Å². The van der Waals surface area contributed by atoms with Crippen molar-refractivity contribution in [3.05, 3.63) is 11.5 Å². The third-order valence-electron chi connectivity index (χ3n) is 4.17.